The number of halogens is 2. The lowest BCUT2D eigenvalue weighted by Gasteiger charge is -2.30. The minimum absolute atomic E-state index is 0.0471. The van der Waals surface area contributed by atoms with E-state index in [1.54, 1.807) is 0 Å². The highest BCUT2D eigenvalue weighted by Crippen LogP contribution is 2.30. The summed E-state index contributed by atoms with van der Waals surface area (Å²) in [6.07, 6.45) is 0.482. The molecule has 13 heteroatoms. The Labute approximate surface area is 184 Å². The van der Waals surface area contributed by atoms with Crippen LogP contribution in [0.25, 0.3) is 10.2 Å². The van der Waals surface area contributed by atoms with Gasteiger partial charge in [-0.1, -0.05) is 11.3 Å². The zero-order chi connectivity index (χ0) is 23.0. The van der Waals surface area contributed by atoms with E-state index in [1.165, 1.54) is 18.2 Å². The van der Waals surface area contributed by atoms with Crippen LogP contribution in [0.1, 0.15) is 12.8 Å². The predicted octanol–water partition coefficient (Wildman–Crippen LogP) is 3.52. The second kappa shape index (κ2) is 8.48. The molecule has 2 aromatic carbocycles. The van der Waals surface area contributed by atoms with Gasteiger partial charge in [0.15, 0.2) is 16.8 Å². The molecule has 0 saturated carbocycles. The average Bonchev–Trinajstić information content (AvgIpc) is 3.17. The van der Waals surface area contributed by atoms with Crippen LogP contribution in [0, 0.1) is 27.7 Å². The molecule has 0 aliphatic carbocycles. The number of aromatic nitrogens is 1. The molecule has 2 heterocycles. The Morgan fingerprint density at radius 2 is 1.88 bits per heavy atom. The number of sulfonamides is 1. The second-order valence-corrected chi connectivity index (χ2v) is 10.1. The van der Waals surface area contributed by atoms with E-state index in [0.717, 1.165) is 27.8 Å². The monoisotopic (exact) mass is 482 g/mol. The number of fused-ring (bicyclic) bond motifs is 1. The first-order chi connectivity index (χ1) is 15.1. The molecule has 0 atom stereocenters. The van der Waals surface area contributed by atoms with Crippen molar-refractivity contribution < 1.29 is 26.9 Å². The van der Waals surface area contributed by atoms with Gasteiger partial charge in [-0.15, -0.1) is 0 Å². The van der Waals surface area contributed by atoms with Gasteiger partial charge < -0.3 is 5.32 Å². The predicted molar refractivity (Wildman–Crippen MR) is 113 cm³/mol. The molecule has 0 radical (unpaired) electrons. The number of amides is 1. The highest BCUT2D eigenvalue weighted by molar-refractivity contribution is 7.89. The van der Waals surface area contributed by atoms with Gasteiger partial charge in [-0.3, -0.25) is 14.9 Å². The van der Waals surface area contributed by atoms with Crippen LogP contribution in [0.2, 0.25) is 0 Å². The SMILES string of the molecule is O=C(Nc1nc2ccc([N+](=O)[O-])cc2s1)C1CCN(S(=O)(=O)c2ccc(F)c(F)c2)CC1. The number of piperidine rings is 1. The van der Waals surface area contributed by atoms with Gasteiger partial charge in [-0.2, -0.15) is 4.31 Å². The largest absolute Gasteiger partial charge is 0.302 e. The van der Waals surface area contributed by atoms with Crippen LogP contribution in [0.15, 0.2) is 41.3 Å². The fraction of sp³-hybridized carbons (Fsp3) is 0.263. The first kappa shape index (κ1) is 22.2. The quantitative estimate of drug-likeness (QED) is 0.439. The Bertz CT molecular complexity index is 1320. The maximum Gasteiger partial charge on any atom is 0.270 e. The summed E-state index contributed by atoms with van der Waals surface area (Å²) < 4.78 is 53.6. The maximum absolute atomic E-state index is 13.4. The molecule has 1 fully saturated rings. The number of carbonyl (C=O) groups is 1. The van der Waals surface area contributed by atoms with Crippen molar-refractivity contribution in [2.75, 3.05) is 18.4 Å². The van der Waals surface area contributed by atoms with Crippen molar-refractivity contribution in [2.45, 2.75) is 17.7 Å². The number of non-ortho nitro benzene ring substituents is 1. The van der Waals surface area contributed by atoms with Crippen LogP contribution < -0.4 is 5.32 Å². The molecule has 1 N–H and O–H groups in total. The third kappa shape index (κ3) is 4.31. The number of nitrogens with one attached hydrogen (secondary N) is 1. The molecule has 1 aliphatic heterocycles. The van der Waals surface area contributed by atoms with Gasteiger partial charge in [-0.05, 0) is 37.1 Å². The fourth-order valence-electron chi connectivity index (χ4n) is 3.43. The summed E-state index contributed by atoms with van der Waals surface area (Å²) in [5.74, 6) is -3.18. The van der Waals surface area contributed by atoms with Gasteiger partial charge in [0.2, 0.25) is 15.9 Å². The molecule has 4 rings (SSSR count). The number of carbonyl (C=O) groups excluding carboxylic acids is 1. The number of nitrogens with zero attached hydrogens (tertiary/aromatic N) is 3. The van der Waals surface area contributed by atoms with E-state index in [9.17, 15) is 32.1 Å². The van der Waals surface area contributed by atoms with Gasteiger partial charge in [0.1, 0.15) is 0 Å². The smallest absolute Gasteiger partial charge is 0.270 e. The number of hydrogen-bond donors (Lipinski definition) is 1. The normalized spacial score (nSPS) is 15.7. The summed E-state index contributed by atoms with van der Waals surface area (Å²) in [6.45, 7) is 0.0942. The van der Waals surface area contributed by atoms with Crippen LogP contribution in [0.3, 0.4) is 0 Å². The molecule has 1 amide bonds. The summed E-state index contributed by atoms with van der Waals surface area (Å²) in [5.41, 5.74) is 0.442. The third-order valence-corrected chi connectivity index (χ3v) is 7.99. The molecule has 1 aromatic heterocycles. The molecule has 0 bridgehead atoms. The number of benzene rings is 2. The van der Waals surface area contributed by atoms with Crippen molar-refractivity contribution in [1.82, 2.24) is 9.29 Å². The Morgan fingerprint density at radius 1 is 1.16 bits per heavy atom. The van der Waals surface area contributed by atoms with Crippen LogP contribution in [0.5, 0.6) is 0 Å². The number of rotatable bonds is 5. The zero-order valence-corrected chi connectivity index (χ0v) is 18.0. The number of anilines is 1. The van der Waals surface area contributed by atoms with E-state index in [4.69, 9.17) is 0 Å². The molecule has 1 aliphatic rings. The minimum atomic E-state index is -4.01. The van der Waals surface area contributed by atoms with Gasteiger partial charge in [0.05, 0.1) is 20.0 Å². The number of hydrogen-bond acceptors (Lipinski definition) is 7. The summed E-state index contributed by atoms with van der Waals surface area (Å²) in [6, 6.07) is 6.61. The first-order valence-corrected chi connectivity index (χ1v) is 11.7. The van der Waals surface area contributed by atoms with Crippen LogP contribution in [0.4, 0.5) is 19.6 Å². The molecule has 0 spiro atoms. The van der Waals surface area contributed by atoms with Crippen LogP contribution >= 0.6 is 11.3 Å². The fourth-order valence-corrected chi connectivity index (χ4v) is 5.82. The van der Waals surface area contributed by atoms with Crippen molar-refractivity contribution in [1.29, 1.82) is 0 Å². The third-order valence-electron chi connectivity index (χ3n) is 5.17. The minimum Gasteiger partial charge on any atom is -0.302 e. The average molecular weight is 482 g/mol. The Balaban J connectivity index is 1.40. The van der Waals surface area contributed by atoms with Crippen LogP contribution in [-0.2, 0) is 14.8 Å². The van der Waals surface area contributed by atoms with Crippen molar-refractivity contribution in [3.8, 4) is 0 Å². The van der Waals surface area contributed by atoms with Gasteiger partial charge in [-0.25, -0.2) is 22.2 Å². The number of nitro groups is 1. The summed E-state index contributed by atoms with van der Waals surface area (Å²) >= 11 is 1.11. The Morgan fingerprint density at radius 3 is 2.53 bits per heavy atom. The number of thiazole rings is 1. The van der Waals surface area contributed by atoms with E-state index < -0.39 is 32.5 Å². The summed E-state index contributed by atoms with van der Waals surface area (Å²) in [7, 11) is -4.01. The molecule has 168 valence electrons. The Hall–Kier alpha value is -3.03. The number of nitro benzene ring substituents is 1. The lowest BCUT2D eigenvalue weighted by molar-refractivity contribution is -0.384. The molecule has 3 aromatic rings. The van der Waals surface area contributed by atoms with Crippen molar-refractivity contribution in [3.05, 3.63) is 58.1 Å². The van der Waals surface area contributed by atoms with E-state index in [2.05, 4.69) is 10.3 Å². The van der Waals surface area contributed by atoms with Gasteiger partial charge in [0.25, 0.3) is 5.69 Å². The highest BCUT2D eigenvalue weighted by atomic mass is 32.2. The summed E-state index contributed by atoms with van der Waals surface area (Å²) in [4.78, 5) is 26.9. The molecular formula is C19H16F2N4O5S2. The van der Waals surface area contributed by atoms with Crippen LogP contribution in [-0.4, -0.2) is 41.6 Å². The van der Waals surface area contributed by atoms with E-state index >= 15 is 0 Å². The molecule has 1 saturated heterocycles. The van der Waals surface area contributed by atoms with Gasteiger partial charge >= 0.3 is 0 Å². The van der Waals surface area contributed by atoms with E-state index in [1.807, 2.05) is 0 Å². The molecule has 32 heavy (non-hydrogen) atoms. The Kier molecular flexibility index (Phi) is 5.88. The molecular weight excluding hydrogens is 466 g/mol. The van der Waals surface area contributed by atoms with Gasteiger partial charge in [0, 0.05) is 31.1 Å². The molecule has 9 nitrogen and oxygen atoms in total. The zero-order valence-electron chi connectivity index (χ0n) is 16.3. The molecule has 0 unspecified atom stereocenters. The lowest BCUT2D eigenvalue weighted by atomic mass is 9.97. The van der Waals surface area contributed by atoms with E-state index in [-0.39, 0.29) is 42.4 Å². The van der Waals surface area contributed by atoms with E-state index in [0.29, 0.717) is 21.4 Å². The lowest BCUT2D eigenvalue weighted by Crippen LogP contribution is -2.41. The maximum atomic E-state index is 13.4. The first-order valence-electron chi connectivity index (χ1n) is 9.46. The highest BCUT2D eigenvalue weighted by Gasteiger charge is 2.32. The summed E-state index contributed by atoms with van der Waals surface area (Å²) in [5, 5.41) is 13.9. The standard InChI is InChI=1S/C19H16F2N4O5S2/c20-14-3-2-13(10-15(14)21)32(29,30)24-7-5-11(6-8-24)18(26)23-19-22-16-4-1-12(25(27)28)9-17(16)31-19/h1-4,9-11H,5-8H2,(H,22,23,26). The topological polar surface area (TPSA) is 123 Å². The van der Waals surface area contributed by atoms with Crippen molar-refractivity contribution in [2.24, 2.45) is 5.92 Å². The van der Waals surface area contributed by atoms with Crippen molar-refractivity contribution in [3.63, 3.8) is 0 Å². The second-order valence-electron chi connectivity index (χ2n) is 7.17. The van der Waals surface area contributed by atoms with Crippen molar-refractivity contribution >= 4 is 48.3 Å².